The molecule has 0 spiro atoms. The van der Waals surface area contributed by atoms with Gasteiger partial charge in [-0.25, -0.2) is 9.78 Å². The van der Waals surface area contributed by atoms with Gasteiger partial charge >= 0.3 is 5.97 Å². The minimum Gasteiger partial charge on any atom is -0.478 e. The number of nitrogens with one attached hydrogen (secondary N) is 1. The Kier molecular flexibility index (Phi) is 3.81. The van der Waals surface area contributed by atoms with Crippen molar-refractivity contribution in [3.63, 3.8) is 0 Å². The Balaban J connectivity index is 2.41. The van der Waals surface area contributed by atoms with Crippen molar-refractivity contribution >= 4 is 34.8 Å². The standard InChI is InChI=1S/C12H8ClN3O4/c13-7-2-1-3-8(4-7)15-11-10(12(17)18)5-9(6-14-11)16(19)20/h1-6H,(H,14,15)(H,17,18). The quantitative estimate of drug-likeness (QED) is 0.663. The molecule has 2 rings (SSSR count). The summed E-state index contributed by atoms with van der Waals surface area (Å²) < 4.78 is 0. The lowest BCUT2D eigenvalue weighted by Crippen LogP contribution is -2.06. The molecule has 1 aromatic carbocycles. The average molecular weight is 294 g/mol. The molecule has 8 heteroatoms. The van der Waals surface area contributed by atoms with E-state index < -0.39 is 10.9 Å². The van der Waals surface area contributed by atoms with Gasteiger partial charge in [0.1, 0.15) is 17.6 Å². The summed E-state index contributed by atoms with van der Waals surface area (Å²) in [6, 6.07) is 7.53. The summed E-state index contributed by atoms with van der Waals surface area (Å²) in [5, 5.41) is 22.9. The van der Waals surface area contributed by atoms with Gasteiger partial charge in [-0.15, -0.1) is 0 Å². The third kappa shape index (κ3) is 3.01. The van der Waals surface area contributed by atoms with Crippen LogP contribution in [-0.2, 0) is 0 Å². The minimum atomic E-state index is -1.31. The highest BCUT2D eigenvalue weighted by atomic mass is 35.5. The highest BCUT2D eigenvalue weighted by molar-refractivity contribution is 6.30. The molecular weight excluding hydrogens is 286 g/mol. The number of carbonyl (C=O) groups is 1. The van der Waals surface area contributed by atoms with Crippen molar-refractivity contribution in [2.75, 3.05) is 5.32 Å². The number of pyridine rings is 1. The fourth-order valence-electron chi connectivity index (χ4n) is 1.52. The molecule has 7 nitrogen and oxygen atoms in total. The summed E-state index contributed by atoms with van der Waals surface area (Å²) in [5.74, 6) is -1.31. The maximum Gasteiger partial charge on any atom is 0.339 e. The average Bonchev–Trinajstić information content (AvgIpc) is 2.38. The fraction of sp³-hybridized carbons (Fsp3) is 0. The van der Waals surface area contributed by atoms with Crippen LogP contribution in [0.25, 0.3) is 0 Å². The highest BCUT2D eigenvalue weighted by Crippen LogP contribution is 2.24. The topological polar surface area (TPSA) is 105 Å². The Morgan fingerprint density at radius 2 is 2.15 bits per heavy atom. The molecule has 0 unspecified atom stereocenters. The predicted octanol–water partition coefficient (Wildman–Crippen LogP) is 3.09. The molecule has 0 amide bonds. The number of anilines is 2. The second kappa shape index (κ2) is 5.54. The monoisotopic (exact) mass is 293 g/mol. The van der Waals surface area contributed by atoms with Crippen LogP contribution < -0.4 is 5.32 Å². The summed E-state index contributed by atoms with van der Waals surface area (Å²) in [7, 11) is 0. The maximum atomic E-state index is 11.1. The van der Waals surface area contributed by atoms with E-state index in [1.54, 1.807) is 24.3 Å². The van der Waals surface area contributed by atoms with Crippen LogP contribution in [0.3, 0.4) is 0 Å². The zero-order chi connectivity index (χ0) is 14.7. The third-order valence-corrected chi connectivity index (χ3v) is 2.64. The number of nitro groups is 1. The number of aromatic nitrogens is 1. The molecule has 0 aliphatic heterocycles. The number of aromatic carboxylic acids is 1. The molecule has 0 bridgehead atoms. The van der Waals surface area contributed by atoms with Crippen LogP contribution in [0.5, 0.6) is 0 Å². The molecule has 0 saturated carbocycles. The largest absolute Gasteiger partial charge is 0.478 e. The van der Waals surface area contributed by atoms with Gasteiger partial charge in [0.2, 0.25) is 0 Å². The number of nitrogens with zero attached hydrogens (tertiary/aromatic N) is 2. The molecule has 2 N–H and O–H groups in total. The summed E-state index contributed by atoms with van der Waals surface area (Å²) in [6.45, 7) is 0. The van der Waals surface area contributed by atoms with Crippen molar-refractivity contribution in [1.29, 1.82) is 0 Å². The van der Waals surface area contributed by atoms with E-state index in [1.807, 2.05) is 0 Å². The lowest BCUT2D eigenvalue weighted by Gasteiger charge is -2.08. The SMILES string of the molecule is O=C(O)c1cc([N+](=O)[O-])cnc1Nc1cccc(Cl)c1. The Labute approximate surface area is 118 Å². The lowest BCUT2D eigenvalue weighted by atomic mass is 10.2. The van der Waals surface area contributed by atoms with Crippen LogP contribution >= 0.6 is 11.6 Å². The van der Waals surface area contributed by atoms with Crippen molar-refractivity contribution < 1.29 is 14.8 Å². The summed E-state index contributed by atoms with van der Waals surface area (Å²) in [4.78, 5) is 24.8. The summed E-state index contributed by atoms with van der Waals surface area (Å²) in [5.41, 5.74) is -0.153. The highest BCUT2D eigenvalue weighted by Gasteiger charge is 2.17. The van der Waals surface area contributed by atoms with Gasteiger partial charge < -0.3 is 10.4 Å². The first-order valence-corrected chi connectivity index (χ1v) is 5.75. The van der Waals surface area contributed by atoms with Gasteiger partial charge in [-0.3, -0.25) is 10.1 Å². The first-order chi connectivity index (χ1) is 9.47. The lowest BCUT2D eigenvalue weighted by molar-refractivity contribution is -0.385. The Hall–Kier alpha value is -2.67. The molecule has 1 aromatic heterocycles. The van der Waals surface area contributed by atoms with E-state index in [2.05, 4.69) is 10.3 Å². The number of hydrogen-bond acceptors (Lipinski definition) is 5. The smallest absolute Gasteiger partial charge is 0.339 e. The zero-order valence-corrected chi connectivity index (χ0v) is 10.7. The van der Waals surface area contributed by atoms with E-state index in [9.17, 15) is 14.9 Å². The molecule has 102 valence electrons. The second-order valence-corrected chi connectivity index (χ2v) is 4.22. The molecule has 0 saturated heterocycles. The van der Waals surface area contributed by atoms with E-state index >= 15 is 0 Å². The molecule has 2 aromatic rings. The zero-order valence-electron chi connectivity index (χ0n) is 9.91. The second-order valence-electron chi connectivity index (χ2n) is 3.79. The van der Waals surface area contributed by atoms with E-state index in [1.165, 1.54) is 0 Å². The van der Waals surface area contributed by atoms with Crippen molar-refractivity contribution in [2.45, 2.75) is 0 Å². The molecule has 1 heterocycles. The van der Waals surface area contributed by atoms with Gasteiger partial charge in [0.15, 0.2) is 0 Å². The van der Waals surface area contributed by atoms with E-state index in [-0.39, 0.29) is 17.1 Å². The predicted molar refractivity (Wildman–Crippen MR) is 72.6 cm³/mol. The molecule has 0 atom stereocenters. The van der Waals surface area contributed by atoms with Crippen LogP contribution in [0.15, 0.2) is 36.5 Å². The van der Waals surface area contributed by atoms with Gasteiger partial charge in [0.05, 0.1) is 4.92 Å². The van der Waals surface area contributed by atoms with Gasteiger partial charge in [-0.1, -0.05) is 17.7 Å². The van der Waals surface area contributed by atoms with Gasteiger partial charge in [0, 0.05) is 16.8 Å². The van der Waals surface area contributed by atoms with E-state index in [4.69, 9.17) is 16.7 Å². The van der Waals surface area contributed by atoms with E-state index in [0.29, 0.717) is 10.7 Å². The van der Waals surface area contributed by atoms with Crippen LogP contribution in [0, 0.1) is 10.1 Å². The Morgan fingerprint density at radius 1 is 1.40 bits per heavy atom. The normalized spacial score (nSPS) is 10.1. The van der Waals surface area contributed by atoms with Crippen LogP contribution in [0.2, 0.25) is 5.02 Å². The molecule has 20 heavy (non-hydrogen) atoms. The fourth-order valence-corrected chi connectivity index (χ4v) is 1.71. The molecule has 0 aliphatic carbocycles. The Bertz CT molecular complexity index is 690. The van der Waals surface area contributed by atoms with Crippen molar-refractivity contribution in [3.05, 3.63) is 57.2 Å². The van der Waals surface area contributed by atoms with Gasteiger partial charge in [-0.2, -0.15) is 0 Å². The number of carboxylic acids is 1. The number of benzene rings is 1. The number of carboxylic acid groups (broad SMARTS) is 1. The van der Waals surface area contributed by atoms with Gasteiger partial charge in [-0.05, 0) is 18.2 Å². The molecule has 0 radical (unpaired) electrons. The maximum absolute atomic E-state index is 11.1. The Morgan fingerprint density at radius 3 is 2.75 bits per heavy atom. The summed E-state index contributed by atoms with van der Waals surface area (Å²) >= 11 is 5.81. The van der Waals surface area contributed by atoms with Crippen molar-refractivity contribution in [3.8, 4) is 0 Å². The first-order valence-electron chi connectivity index (χ1n) is 5.37. The number of rotatable bonds is 4. The molecule has 0 aliphatic rings. The number of hydrogen-bond donors (Lipinski definition) is 2. The van der Waals surface area contributed by atoms with Crippen molar-refractivity contribution in [1.82, 2.24) is 4.98 Å². The van der Waals surface area contributed by atoms with Crippen LogP contribution in [0.1, 0.15) is 10.4 Å². The third-order valence-electron chi connectivity index (χ3n) is 2.40. The molecule has 0 fully saturated rings. The number of halogens is 1. The van der Waals surface area contributed by atoms with Crippen LogP contribution in [-0.4, -0.2) is 21.0 Å². The minimum absolute atomic E-state index is 0.00497. The molecular formula is C12H8ClN3O4. The van der Waals surface area contributed by atoms with Gasteiger partial charge in [0.25, 0.3) is 5.69 Å². The van der Waals surface area contributed by atoms with E-state index in [0.717, 1.165) is 12.3 Å². The van der Waals surface area contributed by atoms with Crippen molar-refractivity contribution in [2.24, 2.45) is 0 Å². The van der Waals surface area contributed by atoms with Crippen LogP contribution in [0.4, 0.5) is 17.2 Å². The first kappa shape index (κ1) is 13.8. The summed E-state index contributed by atoms with van der Waals surface area (Å²) in [6.07, 6.45) is 0.985.